The summed E-state index contributed by atoms with van der Waals surface area (Å²) in [5.41, 5.74) is 0.817. The maximum Gasteiger partial charge on any atom is 0.264 e. The lowest BCUT2D eigenvalue weighted by Gasteiger charge is -2.35. The molecule has 0 radical (unpaired) electrons. The molecule has 4 aromatic rings. The highest BCUT2D eigenvalue weighted by molar-refractivity contribution is 7.92. The van der Waals surface area contributed by atoms with Crippen molar-refractivity contribution in [3.05, 3.63) is 124 Å². The van der Waals surface area contributed by atoms with Crippen LogP contribution in [0.25, 0.3) is 0 Å². The number of hydrogen-bond acceptors (Lipinski definition) is 5. The number of sulfonamides is 1. The summed E-state index contributed by atoms with van der Waals surface area (Å²) in [6.45, 7) is 6.89. The first-order valence-electron chi connectivity index (χ1n) is 15.3. The Hall–Kier alpha value is -4.12. The third-order valence-corrected chi connectivity index (χ3v) is 9.62. The Morgan fingerprint density at radius 3 is 2.15 bits per heavy atom. The minimum Gasteiger partial charge on any atom is -0.494 e. The minimum atomic E-state index is -4.41. The van der Waals surface area contributed by atoms with Crippen molar-refractivity contribution in [1.82, 2.24) is 10.2 Å². The van der Waals surface area contributed by atoms with Gasteiger partial charge in [-0.15, -0.1) is 0 Å². The third-order valence-electron chi connectivity index (χ3n) is 7.24. The molecule has 2 amide bonds. The van der Waals surface area contributed by atoms with Crippen LogP contribution in [0.3, 0.4) is 0 Å². The topological polar surface area (TPSA) is 96.0 Å². The van der Waals surface area contributed by atoms with Gasteiger partial charge in [0.1, 0.15) is 24.2 Å². The molecule has 254 valence electrons. The Morgan fingerprint density at radius 2 is 1.56 bits per heavy atom. The first-order chi connectivity index (χ1) is 22.7. The minimum absolute atomic E-state index is 0.127. The van der Waals surface area contributed by atoms with Gasteiger partial charge in [0.05, 0.1) is 17.2 Å². The van der Waals surface area contributed by atoms with Crippen LogP contribution in [-0.2, 0) is 32.6 Å². The van der Waals surface area contributed by atoms with Crippen molar-refractivity contribution in [2.24, 2.45) is 0 Å². The molecule has 48 heavy (non-hydrogen) atoms. The molecular formula is C36H38Cl2FN3O5S. The lowest BCUT2D eigenvalue weighted by molar-refractivity contribution is -0.140. The summed E-state index contributed by atoms with van der Waals surface area (Å²) < 4.78 is 48.6. The summed E-state index contributed by atoms with van der Waals surface area (Å²) in [5.74, 6) is -1.21. The van der Waals surface area contributed by atoms with Gasteiger partial charge in [-0.25, -0.2) is 12.8 Å². The second-order valence-electron chi connectivity index (χ2n) is 12.1. The summed E-state index contributed by atoms with van der Waals surface area (Å²) in [5, 5.41) is 3.64. The average molecular weight is 715 g/mol. The van der Waals surface area contributed by atoms with Gasteiger partial charge in [-0.3, -0.25) is 13.9 Å². The summed E-state index contributed by atoms with van der Waals surface area (Å²) in [4.78, 5) is 29.7. The molecule has 0 saturated heterocycles. The van der Waals surface area contributed by atoms with E-state index in [2.05, 4.69) is 5.32 Å². The van der Waals surface area contributed by atoms with E-state index >= 15 is 0 Å². The predicted octanol–water partition coefficient (Wildman–Crippen LogP) is 7.28. The Balaban J connectivity index is 1.84. The van der Waals surface area contributed by atoms with E-state index in [1.165, 1.54) is 23.1 Å². The van der Waals surface area contributed by atoms with Crippen molar-refractivity contribution >= 4 is 50.7 Å². The molecule has 1 unspecified atom stereocenters. The van der Waals surface area contributed by atoms with E-state index in [4.69, 9.17) is 27.9 Å². The van der Waals surface area contributed by atoms with Crippen LogP contribution < -0.4 is 14.4 Å². The molecule has 0 aliphatic carbocycles. The smallest absolute Gasteiger partial charge is 0.264 e. The average Bonchev–Trinajstić information content (AvgIpc) is 3.03. The van der Waals surface area contributed by atoms with E-state index in [1.54, 1.807) is 24.3 Å². The van der Waals surface area contributed by atoms with Gasteiger partial charge in [-0.1, -0.05) is 59.6 Å². The van der Waals surface area contributed by atoms with Crippen molar-refractivity contribution in [1.29, 1.82) is 0 Å². The Morgan fingerprint density at radius 1 is 0.917 bits per heavy atom. The fourth-order valence-electron chi connectivity index (χ4n) is 4.98. The largest absolute Gasteiger partial charge is 0.494 e. The number of amides is 2. The van der Waals surface area contributed by atoms with Gasteiger partial charge in [0.25, 0.3) is 10.0 Å². The van der Waals surface area contributed by atoms with E-state index in [-0.39, 0.29) is 28.6 Å². The van der Waals surface area contributed by atoms with E-state index in [1.807, 2.05) is 58.0 Å². The van der Waals surface area contributed by atoms with Crippen molar-refractivity contribution in [2.45, 2.75) is 57.1 Å². The van der Waals surface area contributed by atoms with Gasteiger partial charge in [0.15, 0.2) is 0 Å². The SMILES string of the molecule is CCOc1ccc(N(CC(=O)N(Cc2ccc(Cl)cc2Cl)C(Cc2ccccc2)C(=O)NC(C)(C)C)S(=O)(=O)c2ccc(F)cc2)cc1. The first kappa shape index (κ1) is 36.7. The van der Waals surface area contributed by atoms with Gasteiger partial charge in [-0.2, -0.15) is 0 Å². The van der Waals surface area contributed by atoms with Crippen LogP contribution in [0.2, 0.25) is 10.0 Å². The predicted molar refractivity (Wildman–Crippen MR) is 187 cm³/mol. The molecule has 0 aromatic heterocycles. The number of benzene rings is 4. The summed E-state index contributed by atoms with van der Waals surface area (Å²) in [7, 11) is -4.41. The summed E-state index contributed by atoms with van der Waals surface area (Å²) in [6.07, 6.45) is 0.132. The van der Waals surface area contributed by atoms with Crippen LogP contribution in [0.4, 0.5) is 10.1 Å². The van der Waals surface area contributed by atoms with Crippen LogP contribution in [0.5, 0.6) is 5.75 Å². The van der Waals surface area contributed by atoms with E-state index in [0.717, 1.165) is 34.1 Å². The molecule has 0 aliphatic heterocycles. The zero-order chi connectivity index (χ0) is 35.1. The Bertz CT molecular complexity index is 1820. The Labute approximate surface area is 291 Å². The monoisotopic (exact) mass is 713 g/mol. The van der Waals surface area contributed by atoms with E-state index < -0.39 is 45.8 Å². The second-order valence-corrected chi connectivity index (χ2v) is 14.8. The normalized spacial score (nSPS) is 12.2. The van der Waals surface area contributed by atoms with Gasteiger partial charge >= 0.3 is 0 Å². The number of halogens is 3. The number of nitrogens with zero attached hydrogens (tertiary/aromatic N) is 2. The summed E-state index contributed by atoms with van der Waals surface area (Å²) in [6, 6.07) is 23.5. The standard InChI is InChI=1S/C36H38Cl2FN3O5S/c1-5-47-30-17-15-29(16-18-30)42(48(45,46)31-19-13-28(39)14-20-31)24-34(43)41(23-26-11-12-27(37)22-32(26)38)33(35(44)40-36(2,3)4)21-25-9-7-6-8-10-25/h6-20,22,33H,5,21,23-24H2,1-4H3,(H,40,44). The molecule has 4 rings (SSSR count). The zero-order valence-corrected chi connectivity index (χ0v) is 29.4. The fourth-order valence-corrected chi connectivity index (χ4v) is 6.86. The molecule has 0 spiro atoms. The second kappa shape index (κ2) is 15.9. The first-order valence-corrected chi connectivity index (χ1v) is 17.5. The van der Waals surface area contributed by atoms with Gasteiger partial charge in [-0.05, 0) is 99.5 Å². The zero-order valence-electron chi connectivity index (χ0n) is 27.1. The van der Waals surface area contributed by atoms with Crippen LogP contribution in [-0.4, -0.2) is 49.9 Å². The molecule has 0 aliphatic rings. The number of carbonyl (C=O) groups is 2. The molecule has 12 heteroatoms. The van der Waals surface area contributed by atoms with E-state index in [9.17, 15) is 22.4 Å². The van der Waals surface area contributed by atoms with E-state index in [0.29, 0.717) is 22.9 Å². The lowest BCUT2D eigenvalue weighted by atomic mass is 10.0. The molecule has 0 saturated carbocycles. The molecule has 0 heterocycles. The highest BCUT2D eigenvalue weighted by Crippen LogP contribution is 2.28. The van der Waals surface area contributed by atoms with Gasteiger partial charge < -0.3 is 15.0 Å². The molecule has 1 atom stereocenters. The number of hydrogen-bond donors (Lipinski definition) is 1. The maximum absolute atomic E-state index is 14.6. The number of anilines is 1. The van der Waals surface area contributed by atoms with Crippen molar-refractivity contribution < 1.29 is 27.1 Å². The number of rotatable bonds is 13. The van der Waals surface area contributed by atoms with Gasteiger partial charge in [0, 0.05) is 28.5 Å². The van der Waals surface area contributed by atoms with Crippen LogP contribution >= 0.6 is 23.2 Å². The quantitative estimate of drug-likeness (QED) is 0.157. The third kappa shape index (κ3) is 9.71. The number of ether oxygens (including phenoxy) is 1. The van der Waals surface area contributed by atoms with Crippen molar-refractivity contribution in [3.8, 4) is 5.75 Å². The molecular weight excluding hydrogens is 676 g/mol. The highest BCUT2D eigenvalue weighted by atomic mass is 35.5. The molecule has 4 aromatic carbocycles. The maximum atomic E-state index is 14.6. The van der Waals surface area contributed by atoms with Crippen LogP contribution in [0.1, 0.15) is 38.8 Å². The molecule has 8 nitrogen and oxygen atoms in total. The van der Waals surface area contributed by atoms with Crippen molar-refractivity contribution in [2.75, 3.05) is 17.5 Å². The van der Waals surface area contributed by atoms with Crippen LogP contribution in [0.15, 0.2) is 102 Å². The Kier molecular flexibility index (Phi) is 12.1. The lowest BCUT2D eigenvalue weighted by Crippen LogP contribution is -2.56. The molecule has 0 bridgehead atoms. The fraction of sp³-hybridized carbons (Fsp3) is 0.278. The number of nitrogens with one attached hydrogen (secondary N) is 1. The summed E-state index contributed by atoms with van der Waals surface area (Å²) >= 11 is 12.7. The number of carbonyl (C=O) groups excluding carboxylic acids is 2. The van der Waals surface area contributed by atoms with Crippen LogP contribution in [0, 0.1) is 5.82 Å². The van der Waals surface area contributed by atoms with Crippen molar-refractivity contribution in [3.63, 3.8) is 0 Å². The highest BCUT2D eigenvalue weighted by Gasteiger charge is 2.36. The molecule has 0 fully saturated rings. The molecule has 1 N–H and O–H groups in total. The van der Waals surface area contributed by atoms with Gasteiger partial charge in [0.2, 0.25) is 11.8 Å².